The number of aliphatic hydroxyl groups is 1. The summed E-state index contributed by atoms with van der Waals surface area (Å²) in [6.07, 6.45) is 1.59. The van der Waals surface area contributed by atoms with Gasteiger partial charge in [0.05, 0.1) is 6.10 Å². The summed E-state index contributed by atoms with van der Waals surface area (Å²) >= 11 is 0. The summed E-state index contributed by atoms with van der Waals surface area (Å²) in [6.45, 7) is 3.00. The summed E-state index contributed by atoms with van der Waals surface area (Å²) < 4.78 is 0. The average Bonchev–Trinajstić information content (AvgIpc) is 2.71. The van der Waals surface area contributed by atoms with Gasteiger partial charge in [-0.15, -0.1) is 0 Å². The smallest absolute Gasteiger partial charge is 0.222 e. The molecule has 1 aromatic heterocycles. The van der Waals surface area contributed by atoms with Crippen LogP contribution in [0, 0.1) is 12.8 Å². The van der Waals surface area contributed by atoms with Gasteiger partial charge >= 0.3 is 0 Å². The maximum atomic E-state index is 11.7. The Labute approximate surface area is 113 Å². The van der Waals surface area contributed by atoms with Crippen LogP contribution in [0.4, 0.5) is 5.82 Å². The molecule has 104 valence electrons. The first kappa shape index (κ1) is 13.7. The van der Waals surface area contributed by atoms with Crippen LogP contribution in [0.2, 0.25) is 0 Å². The number of nitrogens with zero attached hydrogens (tertiary/aromatic N) is 4. The fourth-order valence-corrected chi connectivity index (χ4v) is 2.27. The van der Waals surface area contributed by atoms with Gasteiger partial charge in [-0.25, -0.2) is 9.97 Å². The highest BCUT2D eigenvalue weighted by Crippen LogP contribution is 2.25. The monoisotopic (exact) mass is 264 g/mol. The number of β-amino-alcohol motifs (C(OH)–C–C–N with tert-alkyl or cyclic N) is 1. The number of hydrogen-bond donors (Lipinski definition) is 1. The molecule has 6 heteroatoms. The Hall–Kier alpha value is -1.69. The van der Waals surface area contributed by atoms with Crippen LogP contribution in [-0.4, -0.2) is 59.2 Å². The molecule has 0 bridgehead atoms. The van der Waals surface area contributed by atoms with Crippen molar-refractivity contribution in [2.24, 2.45) is 5.92 Å². The lowest BCUT2D eigenvalue weighted by Crippen LogP contribution is -2.28. The van der Waals surface area contributed by atoms with Crippen molar-refractivity contribution in [3.05, 3.63) is 18.1 Å². The molecule has 19 heavy (non-hydrogen) atoms. The lowest BCUT2D eigenvalue weighted by molar-refractivity contribution is -0.130. The molecule has 0 radical (unpaired) electrons. The van der Waals surface area contributed by atoms with Crippen LogP contribution in [0.5, 0.6) is 0 Å². The van der Waals surface area contributed by atoms with Gasteiger partial charge in [0.1, 0.15) is 11.6 Å². The van der Waals surface area contributed by atoms with Gasteiger partial charge in [-0.3, -0.25) is 4.79 Å². The van der Waals surface area contributed by atoms with Crippen LogP contribution in [-0.2, 0) is 4.79 Å². The number of anilines is 1. The van der Waals surface area contributed by atoms with Crippen LogP contribution in [0.15, 0.2) is 12.3 Å². The van der Waals surface area contributed by atoms with Crippen molar-refractivity contribution in [1.29, 1.82) is 0 Å². The zero-order chi connectivity index (χ0) is 14.0. The summed E-state index contributed by atoms with van der Waals surface area (Å²) in [7, 11) is 3.46. The molecular formula is C13H20N4O2. The van der Waals surface area contributed by atoms with E-state index < -0.39 is 6.10 Å². The Bertz CT molecular complexity index is 464. The number of carbonyl (C=O) groups is 1. The predicted octanol–water partition coefficient (Wildman–Crippen LogP) is 0.0604. The second kappa shape index (κ2) is 5.52. The molecule has 2 atom stereocenters. The Morgan fingerprint density at radius 1 is 1.53 bits per heavy atom. The number of aliphatic hydroxyl groups excluding tert-OH is 1. The Balaban J connectivity index is 2.03. The number of aromatic nitrogens is 2. The first-order valence-electron chi connectivity index (χ1n) is 6.40. The zero-order valence-corrected chi connectivity index (χ0v) is 11.6. The third kappa shape index (κ3) is 3.20. The first-order chi connectivity index (χ1) is 8.97. The molecule has 2 rings (SSSR count). The van der Waals surface area contributed by atoms with Gasteiger partial charge < -0.3 is 14.9 Å². The van der Waals surface area contributed by atoms with Crippen LogP contribution in [0.25, 0.3) is 0 Å². The Kier molecular flexibility index (Phi) is 3.99. The number of rotatable bonds is 3. The largest absolute Gasteiger partial charge is 0.391 e. The molecule has 0 unspecified atom stereocenters. The van der Waals surface area contributed by atoms with E-state index in [1.165, 1.54) is 0 Å². The van der Waals surface area contributed by atoms with E-state index in [1.807, 2.05) is 17.9 Å². The van der Waals surface area contributed by atoms with Crippen molar-refractivity contribution in [1.82, 2.24) is 14.9 Å². The van der Waals surface area contributed by atoms with Crippen LogP contribution in [0.3, 0.4) is 0 Å². The van der Waals surface area contributed by atoms with E-state index in [0.717, 1.165) is 5.82 Å². The minimum Gasteiger partial charge on any atom is -0.391 e. The predicted molar refractivity (Wildman–Crippen MR) is 71.8 cm³/mol. The molecule has 2 heterocycles. The van der Waals surface area contributed by atoms with Crippen molar-refractivity contribution in [2.45, 2.75) is 19.4 Å². The van der Waals surface area contributed by atoms with Gasteiger partial charge in [-0.05, 0) is 13.0 Å². The molecule has 1 amide bonds. The van der Waals surface area contributed by atoms with E-state index in [9.17, 15) is 9.90 Å². The molecule has 1 aliphatic rings. The first-order valence-corrected chi connectivity index (χ1v) is 6.40. The van der Waals surface area contributed by atoms with Gasteiger partial charge in [0.15, 0.2) is 0 Å². The van der Waals surface area contributed by atoms with E-state index in [0.29, 0.717) is 25.3 Å². The van der Waals surface area contributed by atoms with Gasteiger partial charge in [0.25, 0.3) is 0 Å². The van der Waals surface area contributed by atoms with Crippen LogP contribution in [0.1, 0.15) is 12.2 Å². The Morgan fingerprint density at radius 2 is 2.26 bits per heavy atom. The molecule has 1 aliphatic heterocycles. The van der Waals surface area contributed by atoms with E-state index in [2.05, 4.69) is 9.97 Å². The lowest BCUT2D eigenvalue weighted by atomic mass is 10.0. The fraction of sp³-hybridized carbons (Fsp3) is 0.615. The average molecular weight is 264 g/mol. The standard InChI is InChI=1S/C13H20N4O2/c1-9-14-5-4-12(15-9)17-7-10(11(18)8-17)6-13(19)16(2)3/h4-5,10-11,18H,6-8H2,1-3H3/t10-,11-/m0/s1. The minimum atomic E-state index is -0.487. The lowest BCUT2D eigenvalue weighted by Gasteiger charge is -2.18. The van der Waals surface area contributed by atoms with E-state index in [4.69, 9.17) is 0 Å². The van der Waals surface area contributed by atoms with E-state index in [-0.39, 0.29) is 11.8 Å². The SMILES string of the molecule is Cc1nccc(N2C[C@H](CC(=O)N(C)C)[C@@H](O)C2)n1. The van der Waals surface area contributed by atoms with E-state index >= 15 is 0 Å². The topological polar surface area (TPSA) is 69.6 Å². The molecule has 1 saturated heterocycles. The molecule has 0 spiro atoms. The van der Waals surface area contributed by atoms with Crippen LogP contribution < -0.4 is 4.90 Å². The minimum absolute atomic E-state index is 0.0369. The molecular weight excluding hydrogens is 244 g/mol. The number of hydrogen-bond acceptors (Lipinski definition) is 5. The second-order valence-electron chi connectivity index (χ2n) is 5.19. The molecule has 6 nitrogen and oxygen atoms in total. The summed E-state index contributed by atoms with van der Waals surface area (Å²) in [5.41, 5.74) is 0. The molecule has 1 fully saturated rings. The third-order valence-electron chi connectivity index (χ3n) is 3.43. The van der Waals surface area contributed by atoms with Gasteiger partial charge in [-0.1, -0.05) is 0 Å². The van der Waals surface area contributed by atoms with Gasteiger partial charge in [0.2, 0.25) is 5.91 Å². The Morgan fingerprint density at radius 3 is 2.89 bits per heavy atom. The van der Waals surface area contributed by atoms with Crippen molar-refractivity contribution in [3.8, 4) is 0 Å². The highest BCUT2D eigenvalue weighted by atomic mass is 16.3. The van der Waals surface area contributed by atoms with E-state index in [1.54, 1.807) is 25.2 Å². The molecule has 1 N–H and O–H groups in total. The molecule has 0 aliphatic carbocycles. The number of carbonyl (C=O) groups excluding carboxylic acids is 1. The molecule has 1 aromatic rings. The highest BCUT2D eigenvalue weighted by molar-refractivity contribution is 5.76. The van der Waals surface area contributed by atoms with Crippen molar-refractivity contribution < 1.29 is 9.90 Å². The summed E-state index contributed by atoms with van der Waals surface area (Å²) in [5, 5.41) is 10.1. The number of aryl methyl sites for hydroxylation is 1. The number of amides is 1. The fourth-order valence-electron chi connectivity index (χ4n) is 2.27. The summed E-state index contributed by atoms with van der Waals surface area (Å²) in [4.78, 5) is 23.7. The van der Waals surface area contributed by atoms with Crippen molar-refractivity contribution in [3.63, 3.8) is 0 Å². The molecule has 0 saturated carbocycles. The third-order valence-corrected chi connectivity index (χ3v) is 3.43. The normalized spacial score (nSPS) is 22.6. The zero-order valence-electron chi connectivity index (χ0n) is 11.6. The van der Waals surface area contributed by atoms with Crippen molar-refractivity contribution >= 4 is 11.7 Å². The summed E-state index contributed by atoms with van der Waals surface area (Å²) in [5.74, 6) is 1.53. The molecule has 0 aromatic carbocycles. The second-order valence-corrected chi connectivity index (χ2v) is 5.19. The highest BCUT2D eigenvalue weighted by Gasteiger charge is 2.33. The summed E-state index contributed by atoms with van der Waals surface area (Å²) in [6, 6.07) is 1.83. The quantitative estimate of drug-likeness (QED) is 0.836. The van der Waals surface area contributed by atoms with Crippen LogP contribution >= 0.6 is 0 Å². The van der Waals surface area contributed by atoms with Crippen molar-refractivity contribution in [2.75, 3.05) is 32.1 Å². The van der Waals surface area contributed by atoms with Gasteiger partial charge in [0, 0.05) is 45.7 Å². The van der Waals surface area contributed by atoms with Gasteiger partial charge in [-0.2, -0.15) is 0 Å². The maximum Gasteiger partial charge on any atom is 0.222 e. The maximum absolute atomic E-state index is 11.7.